The number of benzene rings is 1. The molecule has 0 unspecified atom stereocenters. The van der Waals surface area contributed by atoms with Gasteiger partial charge in [-0.2, -0.15) is 0 Å². The number of hydrogen-bond donors (Lipinski definition) is 1. The molecule has 2 amide bonds. The highest BCUT2D eigenvalue weighted by atomic mass is 35.5. The quantitative estimate of drug-likeness (QED) is 0.860. The summed E-state index contributed by atoms with van der Waals surface area (Å²) in [6.07, 6.45) is 2.34. The maximum Gasteiger partial charge on any atom is 0.265 e. The maximum atomic E-state index is 12.4. The number of nitrogens with one attached hydrogen (secondary N) is 1. The van der Waals surface area contributed by atoms with Gasteiger partial charge >= 0.3 is 0 Å². The summed E-state index contributed by atoms with van der Waals surface area (Å²) in [5, 5.41) is 3.35. The van der Waals surface area contributed by atoms with Crippen molar-refractivity contribution >= 4 is 46.1 Å². The number of thiophene rings is 1. The van der Waals surface area contributed by atoms with E-state index >= 15 is 0 Å². The first-order valence-corrected chi connectivity index (χ1v) is 9.19. The summed E-state index contributed by atoms with van der Waals surface area (Å²) in [7, 11) is 0. The number of anilines is 2. The van der Waals surface area contributed by atoms with E-state index in [2.05, 4.69) is 12.2 Å². The number of carbonyl (C=O) groups is 2. The Morgan fingerprint density at radius 2 is 2.17 bits per heavy atom. The first-order valence-electron chi connectivity index (χ1n) is 8.00. The third kappa shape index (κ3) is 3.32. The van der Waals surface area contributed by atoms with E-state index in [0.29, 0.717) is 34.2 Å². The predicted molar refractivity (Wildman–Crippen MR) is 99.4 cm³/mol. The summed E-state index contributed by atoms with van der Waals surface area (Å²) < 4.78 is 0. The molecule has 126 valence electrons. The zero-order chi connectivity index (χ0) is 17.3. The van der Waals surface area contributed by atoms with Gasteiger partial charge in [0.2, 0.25) is 5.91 Å². The third-order valence-corrected chi connectivity index (χ3v) is 5.82. The minimum absolute atomic E-state index is 0.0924. The van der Waals surface area contributed by atoms with E-state index in [-0.39, 0.29) is 11.8 Å². The van der Waals surface area contributed by atoms with Crippen molar-refractivity contribution in [2.45, 2.75) is 33.1 Å². The molecule has 6 heteroatoms. The molecule has 0 spiro atoms. The van der Waals surface area contributed by atoms with Gasteiger partial charge in [-0.15, -0.1) is 11.3 Å². The summed E-state index contributed by atoms with van der Waals surface area (Å²) in [5.41, 5.74) is 2.48. The van der Waals surface area contributed by atoms with Gasteiger partial charge in [0.25, 0.3) is 5.91 Å². The van der Waals surface area contributed by atoms with Crippen molar-refractivity contribution in [3.63, 3.8) is 0 Å². The zero-order valence-corrected chi connectivity index (χ0v) is 15.3. The molecule has 0 atom stereocenters. The first kappa shape index (κ1) is 17.0. The number of hydrogen-bond acceptors (Lipinski definition) is 3. The molecule has 3 rings (SSSR count). The zero-order valence-electron chi connectivity index (χ0n) is 13.7. The molecular weight excluding hydrogens is 344 g/mol. The molecule has 1 N–H and O–H groups in total. The minimum atomic E-state index is -0.135. The summed E-state index contributed by atoms with van der Waals surface area (Å²) in [5.74, 6) is -0.0429. The highest BCUT2D eigenvalue weighted by Gasteiger charge is 2.23. The Bertz CT molecular complexity index is 800. The van der Waals surface area contributed by atoms with Gasteiger partial charge in [0.1, 0.15) is 0 Å². The average molecular weight is 363 g/mol. The molecule has 24 heavy (non-hydrogen) atoms. The lowest BCUT2D eigenvalue weighted by Crippen LogP contribution is -2.24. The van der Waals surface area contributed by atoms with Crippen LogP contribution >= 0.6 is 22.9 Å². The van der Waals surface area contributed by atoms with Crippen molar-refractivity contribution in [3.05, 3.63) is 44.6 Å². The Labute approximate surface area is 150 Å². The molecular formula is C18H19ClN2O2S. The lowest BCUT2D eigenvalue weighted by atomic mass is 10.2. The molecule has 0 radical (unpaired) electrons. The van der Waals surface area contributed by atoms with Gasteiger partial charge in [-0.3, -0.25) is 9.59 Å². The number of aryl methyl sites for hydroxylation is 2. The van der Waals surface area contributed by atoms with Crippen LogP contribution in [0.5, 0.6) is 0 Å². The fraction of sp³-hybridized carbons (Fsp3) is 0.333. The van der Waals surface area contributed by atoms with Crippen LogP contribution in [0.1, 0.15) is 39.9 Å². The molecule has 0 aliphatic carbocycles. The number of carbonyl (C=O) groups excluding carboxylic acids is 2. The highest BCUT2D eigenvalue weighted by Crippen LogP contribution is 2.32. The summed E-state index contributed by atoms with van der Waals surface area (Å²) in [6, 6.07) is 7.18. The molecule has 2 heterocycles. The molecule has 4 nitrogen and oxygen atoms in total. The van der Waals surface area contributed by atoms with Crippen LogP contribution in [0.25, 0.3) is 0 Å². The fourth-order valence-corrected chi connectivity index (χ4v) is 4.17. The molecule has 0 saturated carbocycles. The van der Waals surface area contributed by atoms with Crippen LogP contribution in [0.3, 0.4) is 0 Å². The number of halogens is 1. The van der Waals surface area contributed by atoms with Crippen molar-refractivity contribution in [3.8, 4) is 0 Å². The van der Waals surface area contributed by atoms with Crippen molar-refractivity contribution < 1.29 is 9.59 Å². The van der Waals surface area contributed by atoms with E-state index in [0.717, 1.165) is 18.4 Å². The van der Waals surface area contributed by atoms with Crippen LogP contribution in [0.15, 0.2) is 24.3 Å². The Balaban J connectivity index is 1.76. The van der Waals surface area contributed by atoms with E-state index in [1.165, 1.54) is 16.2 Å². The van der Waals surface area contributed by atoms with Crippen LogP contribution in [0.4, 0.5) is 11.4 Å². The van der Waals surface area contributed by atoms with Gasteiger partial charge in [-0.25, -0.2) is 0 Å². The summed E-state index contributed by atoms with van der Waals surface area (Å²) >= 11 is 7.83. The lowest BCUT2D eigenvalue weighted by Gasteiger charge is -2.18. The predicted octanol–water partition coefficient (Wildman–Crippen LogP) is 4.65. The highest BCUT2D eigenvalue weighted by molar-refractivity contribution is 7.14. The third-order valence-electron chi connectivity index (χ3n) is 4.14. The molecule has 1 aromatic carbocycles. The van der Waals surface area contributed by atoms with Gasteiger partial charge in [0, 0.05) is 23.5 Å². The van der Waals surface area contributed by atoms with E-state index in [4.69, 9.17) is 11.6 Å². The second kappa shape index (κ2) is 6.95. The Kier molecular flexibility index (Phi) is 4.92. The van der Waals surface area contributed by atoms with E-state index in [1.54, 1.807) is 23.1 Å². The van der Waals surface area contributed by atoms with Crippen LogP contribution in [0, 0.1) is 6.92 Å². The van der Waals surface area contributed by atoms with E-state index < -0.39 is 0 Å². The van der Waals surface area contributed by atoms with Gasteiger partial charge in [0.05, 0.1) is 15.6 Å². The second-order valence-electron chi connectivity index (χ2n) is 5.84. The first-order chi connectivity index (χ1) is 11.5. The normalized spacial score (nSPS) is 14.3. The second-order valence-corrected chi connectivity index (χ2v) is 7.38. The van der Waals surface area contributed by atoms with Crippen molar-refractivity contribution in [2.24, 2.45) is 0 Å². The Morgan fingerprint density at radius 1 is 1.38 bits per heavy atom. The standard InChI is InChI=1S/C18H19ClN2O2S/c1-3-15-11(2)9-16(24-15)18(23)20-12-6-7-14(13(19)10-12)21-8-4-5-17(21)22/h6-7,9-10H,3-5,8H2,1-2H3,(H,20,23). The molecule has 0 bridgehead atoms. The molecule has 1 aliphatic heterocycles. The molecule has 1 aromatic heterocycles. The molecule has 1 saturated heterocycles. The van der Waals surface area contributed by atoms with E-state index in [9.17, 15) is 9.59 Å². The molecule has 2 aromatic rings. The Morgan fingerprint density at radius 3 is 2.75 bits per heavy atom. The Hall–Kier alpha value is -1.85. The van der Waals surface area contributed by atoms with E-state index in [1.807, 2.05) is 13.0 Å². The lowest BCUT2D eigenvalue weighted by molar-refractivity contribution is -0.117. The topological polar surface area (TPSA) is 49.4 Å². The van der Waals surface area contributed by atoms with Crippen molar-refractivity contribution in [2.75, 3.05) is 16.8 Å². The SMILES string of the molecule is CCc1sc(C(=O)Nc2ccc(N3CCCC3=O)c(Cl)c2)cc1C. The van der Waals surface area contributed by atoms with Crippen molar-refractivity contribution in [1.29, 1.82) is 0 Å². The van der Waals surface area contributed by atoms with Gasteiger partial charge in [-0.1, -0.05) is 18.5 Å². The van der Waals surface area contributed by atoms with Gasteiger partial charge in [0.15, 0.2) is 0 Å². The van der Waals surface area contributed by atoms with Crippen LogP contribution in [-0.4, -0.2) is 18.4 Å². The van der Waals surface area contributed by atoms with Gasteiger partial charge < -0.3 is 10.2 Å². The van der Waals surface area contributed by atoms with Crippen LogP contribution in [0.2, 0.25) is 5.02 Å². The van der Waals surface area contributed by atoms with Gasteiger partial charge in [-0.05, 0) is 49.6 Å². The van der Waals surface area contributed by atoms with Crippen LogP contribution in [-0.2, 0) is 11.2 Å². The molecule has 1 aliphatic rings. The van der Waals surface area contributed by atoms with Crippen LogP contribution < -0.4 is 10.2 Å². The number of nitrogens with zero attached hydrogens (tertiary/aromatic N) is 1. The maximum absolute atomic E-state index is 12.4. The molecule has 1 fully saturated rings. The fourth-order valence-electron chi connectivity index (χ4n) is 2.88. The average Bonchev–Trinajstić information content (AvgIpc) is 3.13. The summed E-state index contributed by atoms with van der Waals surface area (Å²) in [4.78, 5) is 27.8. The summed E-state index contributed by atoms with van der Waals surface area (Å²) in [6.45, 7) is 4.79. The minimum Gasteiger partial charge on any atom is -0.321 e. The largest absolute Gasteiger partial charge is 0.321 e. The smallest absolute Gasteiger partial charge is 0.265 e. The number of rotatable bonds is 4. The monoisotopic (exact) mass is 362 g/mol. The number of amides is 2. The van der Waals surface area contributed by atoms with Crippen molar-refractivity contribution in [1.82, 2.24) is 0 Å².